The molecule has 2 aromatic rings. The maximum Gasteiger partial charge on any atom is 0.417 e. The number of carbonyl (C=O) groups is 1. The van der Waals surface area contributed by atoms with Gasteiger partial charge in [-0.15, -0.1) is 0 Å². The summed E-state index contributed by atoms with van der Waals surface area (Å²) in [6.45, 7) is 12.9. The lowest BCUT2D eigenvalue weighted by Crippen LogP contribution is -2.55. The Kier molecular flexibility index (Phi) is 10.6. The number of piperazine rings is 1. The molecule has 0 spiro atoms. The number of alkyl halides is 3. The zero-order valence-electron chi connectivity index (χ0n) is 23.8. The fraction of sp³-hybridized carbons (Fsp3) is 0.483. The average molecular weight is 610 g/mol. The number of hydrogen-bond acceptors (Lipinski definition) is 6. The zero-order chi connectivity index (χ0) is 30.5. The highest BCUT2D eigenvalue weighted by Crippen LogP contribution is 2.36. The minimum atomic E-state index is -4.75. The lowest BCUT2D eigenvalue weighted by molar-refractivity contribution is -0.137. The first kappa shape index (κ1) is 32.6. The molecule has 0 saturated carbocycles. The summed E-state index contributed by atoms with van der Waals surface area (Å²) in [6.07, 6.45) is -4.75. The summed E-state index contributed by atoms with van der Waals surface area (Å²) in [5.41, 5.74) is -1.12. The van der Waals surface area contributed by atoms with Crippen molar-refractivity contribution in [3.8, 4) is 11.8 Å². The molecule has 0 atom stereocenters. The van der Waals surface area contributed by atoms with Crippen molar-refractivity contribution in [1.29, 1.82) is 5.26 Å². The highest BCUT2D eigenvalue weighted by molar-refractivity contribution is 7.79. The molecule has 1 amide bonds. The number of benzene rings is 2. The topological polar surface area (TPSA) is 63.1 Å². The SMILES string of the molecule is CC(C)N1CCN(CCOc2ccc(N(C=S)C(C)(C)C(=O)N(C)c3ccc(C#N)c(C(F)(F)F)c3)cc2Cl)CC1. The fourth-order valence-corrected chi connectivity index (χ4v) is 5.38. The number of rotatable bonds is 10. The zero-order valence-corrected chi connectivity index (χ0v) is 25.4. The van der Waals surface area contributed by atoms with Crippen molar-refractivity contribution in [2.24, 2.45) is 0 Å². The van der Waals surface area contributed by atoms with Crippen LogP contribution in [0.4, 0.5) is 24.5 Å². The van der Waals surface area contributed by atoms with Crippen molar-refractivity contribution >= 4 is 46.6 Å². The van der Waals surface area contributed by atoms with Crippen LogP contribution in [-0.2, 0) is 11.0 Å². The van der Waals surface area contributed by atoms with E-state index in [1.54, 1.807) is 38.1 Å². The second-order valence-corrected chi connectivity index (χ2v) is 11.3. The van der Waals surface area contributed by atoms with Crippen LogP contribution in [0.25, 0.3) is 0 Å². The Labute approximate surface area is 250 Å². The quantitative estimate of drug-likeness (QED) is 0.314. The summed E-state index contributed by atoms with van der Waals surface area (Å²) < 4.78 is 46.4. The number of amides is 1. The molecule has 7 nitrogen and oxygen atoms in total. The molecule has 0 bridgehead atoms. The van der Waals surface area contributed by atoms with Gasteiger partial charge in [0.15, 0.2) is 0 Å². The first-order valence-corrected chi connectivity index (χ1v) is 14.1. The predicted molar refractivity (Wildman–Crippen MR) is 160 cm³/mol. The summed E-state index contributed by atoms with van der Waals surface area (Å²) in [6, 6.07) is 10.3. The second kappa shape index (κ2) is 13.4. The van der Waals surface area contributed by atoms with E-state index in [9.17, 15) is 18.0 Å². The van der Waals surface area contributed by atoms with E-state index < -0.39 is 28.7 Å². The van der Waals surface area contributed by atoms with E-state index in [1.807, 2.05) is 0 Å². The molecular weight excluding hydrogens is 575 g/mol. The van der Waals surface area contributed by atoms with Gasteiger partial charge in [-0.2, -0.15) is 18.4 Å². The summed E-state index contributed by atoms with van der Waals surface area (Å²) in [5, 5.41) is 9.42. The number of halogens is 4. The molecule has 1 aliphatic heterocycles. The van der Waals surface area contributed by atoms with E-state index >= 15 is 0 Å². The first-order chi connectivity index (χ1) is 19.2. The van der Waals surface area contributed by atoms with Crippen LogP contribution >= 0.6 is 23.8 Å². The van der Waals surface area contributed by atoms with Gasteiger partial charge in [-0.3, -0.25) is 14.6 Å². The van der Waals surface area contributed by atoms with E-state index in [1.165, 1.54) is 23.5 Å². The molecule has 0 unspecified atom stereocenters. The van der Waals surface area contributed by atoms with Crippen LogP contribution in [0.2, 0.25) is 5.02 Å². The normalized spacial score (nSPS) is 15.0. The summed E-state index contributed by atoms with van der Waals surface area (Å²) in [5.74, 6) is -0.0236. The van der Waals surface area contributed by atoms with Crippen LogP contribution < -0.4 is 14.5 Å². The molecule has 0 N–H and O–H groups in total. The largest absolute Gasteiger partial charge is 0.491 e. The Morgan fingerprint density at radius 3 is 2.32 bits per heavy atom. The molecule has 0 aliphatic carbocycles. The van der Waals surface area contributed by atoms with Gasteiger partial charge in [0.05, 0.1) is 27.7 Å². The van der Waals surface area contributed by atoms with Crippen molar-refractivity contribution in [2.45, 2.75) is 45.5 Å². The number of likely N-dealkylation sites (N-methyl/N-ethyl adjacent to an activating group) is 1. The van der Waals surface area contributed by atoms with E-state index in [-0.39, 0.29) is 5.69 Å². The molecule has 41 heavy (non-hydrogen) atoms. The molecule has 1 aliphatic rings. The molecule has 3 rings (SSSR count). The summed E-state index contributed by atoms with van der Waals surface area (Å²) in [7, 11) is 1.37. The Morgan fingerprint density at radius 2 is 1.78 bits per heavy atom. The highest BCUT2D eigenvalue weighted by Gasteiger charge is 2.39. The van der Waals surface area contributed by atoms with Gasteiger partial charge < -0.3 is 14.5 Å². The first-order valence-electron chi connectivity index (χ1n) is 13.2. The Bertz CT molecular complexity index is 1290. The summed E-state index contributed by atoms with van der Waals surface area (Å²) >= 11 is 11.8. The number of ether oxygens (including phenoxy) is 1. The third-order valence-corrected chi connectivity index (χ3v) is 7.85. The Morgan fingerprint density at radius 1 is 1.15 bits per heavy atom. The molecular formula is C29H35ClF3N5O2S. The van der Waals surface area contributed by atoms with Gasteiger partial charge >= 0.3 is 6.18 Å². The van der Waals surface area contributed by atoms with Crippen molar-refractivity contribution < 1.29 is 22.7 Å². The fourth-order valence-electron chi connectivity index (χ4n) is 4.76. The molecule has 0 radical (unpaired) electrons. The number of carbonyl (C=O) groups excluding carboxylic acids is 1. The van der Waals surface area contributed by atoms with Gasteiger partial charge in [0.1, 0.15) is 17.9 Å². The summed E-state index contributed by atoms with van der Waals surface area (Å²) in [4.78, 5) is 21.0. The van der Waals surface area contributed by atoms with Crippen molar-refractivity contribution in [3.05, 3.63) is 52.5 Å². The van der Waals surface area contributed by atoms with E-state index in [0.717, 1.165) is 49.8 Å². The van der Waals surface area contributed by atoms with Gasteiger partial charge in [0, 0.05) is 57.2 Å². The number of hydrogen-bond donors (Lipinski definition) is 0. The van der Waals surface area contributed by atoms with E-state index in [4.69, 9.17) is 33.8 Å². The van der Waals surface area contributed by atoms with Crippen LogP contribution in [0.15, 0.2) is 36.4 Å². The van der Waals surface area contributed by atoms with Crippen LogP contribution in [0.5, 0.6) is 5.75 Å². The van der Waals surface area contributed by atoms with Crippen LogP contribution in [-0.4, -0.2) is 79.2 Å². The standard InChI is InChI=1S/C29H35ClF3N5O2S/c1-20(2)37-12-10-36(11-13-37)14-15-40-26-9-8-23(17-25(26)30)38(19-41)28(3,4)27(39)35(5)22-7-6-21(18-34)24(16-22)29(31,32)33/h6-9,16-17,19-20H,10-15H2,1-5H3. The smallest absolute Gasteiger partial charge is 0.417 e. The van der Waals surface area contributed by atoms with Gasteiger partial charge in [-0.1, -0.05) is 23.8 Å². The minimum absolute atomic E-state index is 0.00822. The lowest BCUT2D eigenvalue weighted by Gasteiger charge is -2.38. The van der Waals surface area contributed by atoms with Crippen molar-refractivity contribution in [2.75, 3.05) is 56.2 Å². The van der Waals surface area contributed by atoms with E-state index in [0.29, 0.717) is 29.1 Å². The van der Waals surface area contributed by atoms with Gasteiger partial charge in [0.25, 0.3) is 5.91 Å². The lowest BCUT2D eigenvalue weighted by atomic mass is 9.99. The van der Waals surface area contributed by atoms with E-state index in [2.05, 4.69) is 23.6 Å². The molecule has 12 heteroatoms. The third-order valence-electron chi connectivity index (χ3n) is 7.35. The van der Waals surface area contributed by atoms with Crippen LogP contribution in [0.3, 0.4) is 0 Å². The van der Waals surface area contributed by atoms with Gasteiger partial charge in [-0.05, 0) is 64.1 Å². The van der Waals surface area contributed by atoms with Crippen molar-refractivity contribution in [1.82, 2.24) is 9.80 Å². The Balaban J connectivity index is 1.71. The molecule has 2 aromatic carbocycles. The molecule has 1 fully saturated rings. The Hall–Kier alpha value is -2.91. The highest BCUT2D eigenvalue weighted by atomic mass is 35.5. The monoisotopic (exact) mass is 609 g/mol. The van der Waals surface area contributed by atoms with Gasteiger partial charge in [-0.25, -0.2) is 0 Å². The number of nitriles is 1. The van der Waals surface area contributed by atoms with Crippen LogP contribution in [0.1, 0.15) is 38.8 Å². The number of anilines is 2. The molecule has 0 aromatic heterocycles. The maximum atomic E-state index is 13.6. The van der Waals surface area contributed by atoms with Crippen molar-refractivity contribution in [3.63, 3.8) is 0 Å². The van der Waals surface area contributed by atoms with Gasteiger partial charge in [0.2, 0.25) is 0 Å². The molecule has 1 saturated heterocycles. The predicted octanol–water partition coefficient (Wildman–Crippen LogP) is 5.84. The van der Waals surface area contributed by atoms with Crippen LogP contribution in [0, 0.1) is 11.3 Å². The third kappa shape index (κ3) is 7.68. The average Bonchev–Trinajstić information content (AvgIpc) is 2.93. The molecule has 222 valence electrons. The maximum absolute atomic E-state index is 13.6. The second-order valence-electron chi connectivity index (χ2n) is 10.7. The minimum Gasteiger partial charge on any atom is -0.491 e. The number of nitrogens with zero attached hydrogens (tertiary/aromatic N) is 5. The molecule has 1 heterocycles. The number of thiocarbonyl (C=S) groups is 1.